The number of hydrogen-bond donors (Lipinski definition) is 0. The topological polar surface area (TPSA) is 21.7 Å². The molecule has 1 saturated heterocycles. The average Bonchev–Trinajstić information content (AvgIpc) is 2.81. The molecule has 1 heterocycles. The Morgan fingerprint density at radius 2 is 1.89 bits per heavy atom. The molecule has 0 unspecified atom stereocenters. The highest BCUT2D eigenvalue weighted by atomic mass is 35.5. The molecular weight excluding hydrogens is 309 g/mol. The molecule has 0 aromatic heterocycles. The average molecular weight is 327 g/mol. The molecule has 0 aliphatic carbocycles. The minimum atomic E-state index is 0. The second-order valence-corrected chi connectivity index (χ2v) is 5.16. The molecule has 1 fully saturated rings. The van der Waals surface area contributed by atoms with Crippen molar-refractivity contribution >= 4 is 35.6 Å². The van der Waals surface area contributed by atoms with Gasteiger partial charge in [0.25, 0.3) is 0 Å². The summed E-state index contributed by atoms with van der Waals surface area (Å²) < 4.78 is 10.9. The molecule has 108 valence electrons. The molecule has 0 radical (unpaired) electrons. The van der Waals surface area contributed by atoms with Crippen LogP contribution in [0.3, 0.4) is 0 Å². The summed E-state index contributed by atoms with van der Waals surface area (Å²) in [7, 11) is 1.57. The molecule has 1 aromatic rings. The van der Waals surface area contributed by atoms with Crippen LogP contribution in [0.5, 0.6) is 11.5 Å². The van der Waals surface area contributed by atoms with E-state index in [4.69, 9.17) is 32.7 Å². The monoisotopic (exact) mass is 325 g/mol. The van der Waals surface area contributed by atoms with Gasteiger partial charge in [0.15, 0.2) is 11.5 Å². The highest BCUT2D eigenvalue weighted by Crippen LogP contribution is 2.37. The normalized spacial score (nSPS) is 15.1. The molecule has 0 amide bonds. The Hall–Kier alpha value is -0.350. The summed E-state index contributed by atoms with van der Waals surface area (Å²) in [6.07, 6.45) is 2.57. The summed E-state index contributed by atoms with van der Waals surface area (Å²) in [6.45, 7) is 3.87. The van der Waals surface area contributed by atoms with Crippen molar-refractivity contribution in [1.82, 2.24) is 4.90 Å². The molecule has 2 rings (SSSR count). The fourth-order valence-electron chi connectivity index (χ4n) is 2.13. The lowest BCUT2D eigenvalue weighted by Crippen LogP contribution is -2.25. The molecule has 1 aliphatic heterocycles. The van der Waals surface area contributed by atoms with E-state index in [2.05, 4.69) is 4.90 Å². The van der Waals surface area contributed by atoms with Gasteiger partial charge in [-0.05, 0) is 32.0 Å². The molecule has 0 bridgehead atoms. The third-order valence-electron chi connectivity index (χ3n) is 3.04. The Labute approximate surface area is 130 Å². The first-order chi connectivity index (χ1) is 8.70. The van der Waals surface area contributed by atoms with Crippen molar-refractivity contribution in [1.29, 1.82) is 0 Å². The number of methoxy groups -OCH3 is 1. The van der Waals surface area contributed by atoms with Crippen LogP contribution in [-0.4, -0.2) is 38.3 Å². The van der Waals surface area contributed by atoms with Gasteiger partial charge in [0.2, 0.25) is 0 Å². The molecule has 0 N–H and O–H groups in total. The Morgan fingerprint density at radius 3 is 2.53 bits per heavy atom. The van der Waals surface area contributed by atoms with E-state index in [-0.39, 0.29) is 12.4 Å². The van der Waals surface area contributed by atoms with Crippen molar-refractivity contribution in [3.05, 3.63) is 22.2 Å². The zero-order valence-corrected chi connectivity index (χ0v) is 13.2. The number of likely N-dealkylation sites (tertiary alicyclic amines) is 1. The van der Waals surface area contributed by atoms with Crippen LogP contribution in [0.2, 0.25) is 10.0 Å². The van der Waals surface area contributed by atoms with Crippen molar-refractivity contribution in [2.45, 2.75) is 12.8 Å². The van der Waals surface area contributed by atoms with Gasteiger partial charge in [0.1, 0.15) is 6.61 Å². The van der Waals surface area contributed by atoms with E-state index in [1.54, 1.807) is 19.2 Å². The third kappa shape index (κ3) is 4.60. The van der Waals surface area contributed by atoms with Crippen LogP contribution in [0.25, 0.3) is 0 Å². The van der Waals surface area contributed by atoms with Crippen molar-refractivity contribution < 1.29 is 9.47 Å². The van der Waals surface area contributed by atoms with E-state index in [1.807, 2.05) is 0 Å². The Kier molecular flexibility index (Phi) is 7.08. The summed E-state index contributed by atoms with van der Waals surface area (Å²) in [5.41, 5.74) is 0. The number of nitrogens with zero attached hydrogens (tertiary/aromatic N) is 1. The summed E-state index contributed by atoms with van der Waals surface area (Å²) >= 11 is 12.0. The molecule has 19 heavy (non-hydrogen) atoms. The van der Waals surface area contributed by atoms with Crippen LogP contribution in [-0.2, 0) is 0 Å². The van der Waals surface area contributed by atoms with E-state index in [1.165, 1.54) is 12.8 Å². The second-order valence-electron chi connectivity index (χ2n) is 4.32. The minimum absolute atomic E-state index is 0. The lowest BCUT2D eigenvalue weighted by atomic mass is 10.3. The second kappa shape index (κ2) is 8.05. The Morgan fingerprint density at radius 1 is 1.21 bits per heavy atom. The maximum atomic E-state index is 6.04. The van der Waals surface area contributed by atoms with Crippen molar-refractivity contribution in [2.75, 3.05) is 33.4 Å². The van der Waals surface area contributed by atoms with Crippen LogP contribution in [0.1, 0.15) is 12.8 Å². The summed E-state index contributed by atoms with van der Waals surface area (Å²) in [5.74, 6) is 1.15. The van der Waals surface area contributed by atoms with Gasteiger partial charge >= 0.3 is 0 Å². The van der Waals surface area contributed by atoms with E-state index in [9.17, 15) is 0 Å². The smallest absolute Gasteiger partial charge is 0.179 e. The summed E-state index contributed by atoms with van der Waals surface area (Å²) in [6, 6.07) is 3.38. The summed E-state index contributed by atoms with van der Waals surface area (Å²) in [5, 5.41) is 1.03. The van der Waals surface area contributed by atoms with Gasteiger partial charge in [-0.3, -0.25) is 4.90 Å². The molecule has 3 nitrogen and oxygen atoms in total. The van der Waals surface area contributed by atoms with Gasteiger partial charge in [-0.2, -0.15) is 0 Å². The first-order valence-electron chi connectivity index (χ1n) is 6.09. The quantitative estimate of drug-likeness (QED) is 0.819. The SMILES string of the molecule is COc1c(Cl)cc(Cl)cc1OCCN1CCCC1.Cl. The van der Waals surface area contributed by atoms with Gasteiger partial charge in [0.05, 0.1) is 12.1 Å². The van der Waals surface area contributed by atoms with Crippen LogP contribution in [0.4, 0.5) is 0 Å². The molecule has 1 aliphatic rings. The van der Waals surface area contributed by atoms with Crippen LogP contribution >= 0.6 is 35.6 Å². The number of benzene rings is 1. The van der Waals surface area contributed by atoms with Crippen LogP contribution < -0.4 is 9.47 Å². The molecule has 0 saturated carbocycles. The fraction of sp³-hybridized carbons (Fsp3) is 0.538. The van der Waals surface area contributed by atoms with E-state index in [0.29, 0.717) is 28.2 Å². The standard InChI is InChI=1S/C13H17Cl2NO2.ClH/c1-17-13-11(15)8-10(14)9-12(13)18-7-6-16-4-2-3-5-16;/h8-9H,2-7H2,1H3;1H. The van der Waals surface area contributed by atoms with Gasteiger partial charge < -0.3 is 9.47 Å². The minimum Gasteiger partial charge on any atom is -0.491 e. The number of hydrogen-bond acceptors (Lipinski definition) is 3. The first kappa shape index (κ1) is 16.7. The van der Waals surface area contributed by atoms with E-state index in [0.717, 1.165) is 19.6 Å². The third-order valence-corrected chi connectivity index (χ3v) is 3.54. The molecule has 0 atom stereocenters. The highest BCUT2D eigenvalue weighted by Gasteiger charge is 2.13. The van der Waals surface area contributed by atoms with E-state index >= 15 is 0 Å². The van der Waals surface area contributed by atoms with E-state index < -0.39 is 0 Å². The van der Waals surface area contributed by atoms with Gasteiger partial charge in [-0.25, -0.2) is 0 Å². The van der Waals surface area contributed by atoms with Crippen molar-refractivity contribution in [2.24, 2.45) is 0 Å². The molecule has 0 spiro atoms. The molecule has 1 aromatic carbocycles. The maximum Gasteiger partial charge on any atom is 0.179 e. The zero-order valence-electron chi connectivity index (χ0n) is 10.8. The Balaban J connectivity index is 0.00000180. The van der Waals surface area contributed by atoms with Crippen LogP contribution in [0.15, 0.2) is 12.1 Å². The fourth-order valence-corrected chi connectivity index (χ4v) is 2.68. The predicted molar refractivity (Wildman–Crippen MR) is 81.4 cm³/mol. The van der Waals surface area contributed by atoms with Crippen molar-refractivity contribution in [3.8, 4) is 11.5 Å². The van der Waals surface area contributed by atoms with Gasteiger partial charge in [-0.1, -0.05) is 23.2 Å². The lowest BCUT2D eigenvalue weighted by Gasteiger charge is -2.16. The first-order valence-corrected chi connectivity index (χ1v) is 6.84. The highest BCUT2D eigenvalue weighted by molar-refractivity contribution is 6.35. The van der Waals surface area contributed by atoms with Crippen molar-refractivity contribution in [3.63, 3.8) is 0 Å². The van der Waals surface area contributed by atoms with Gasteiger partial charge in [-0.15, -0.1) is 12.4 Å². The molecular formula is C13H18Cl3NO2. The largest absolute Gasteiger partial charge is 0.491 e. The number of ether oxygens (including phenoxy) is 2. The predicted octanol–water partition coefficient (Wildman–Crippen LogP) is 3.90. The van der Waals surface area contributed by atoms with Crippen LogP contribution in [0, 0.1) is 0 Å². The lowest BCUT2D eigenvalue weighted by molar-refractivity contribution is 0.230. The maximum absolute atomic E-state index is 6.04. The summed E-state index contributed by atoms with van der Waals surface area (Å²) in [4.78, 5) is 2.39. The van der Waals surface area contributed by atoms with Gasteiger partial charge in [0, 0.05) is 17.6 Å². The number of rotatable bonds is 5. The Bertz CT molecular complexity index is 409. The zero-order chi connectivity index (χ0) is 13.0. The number of halogens is 3. The molecule has 6 heteroatoms.